The van der Waals surface area contributed by atoms with Crippen LogP contribution in [0.25, 0.3) is 0 Å². The standard InChI is InChI=1S/C26H31N3O3S/c1-6-21(18-10-8-7-9-11-18)24(30)27-20-14-12-19(13-15-20)23-22(25(31)32-16(2)3)17(4)29(5)26(33)28-23/h7-16,21,23H,6H2,1-5H3,(H,27,30)(H,28,33). The number of hydrogen-bond acceptors (Lipinski definition) is 4. The third kappa shape index (κ3) is 5.60. The fourth-order valence-corrected chi connectivity index (χ4v) is 4.13. The molecule has 2 aromatic carbocycles. The van der Waals surface area contributed by atoms with Gasteiger partial charge in [-0.2, -0.15) is 0 Å². The largest absolute Gasteiger partial charge is 0.459 e. The van der Waals surface area contributed by atoms with Crippen molar-refractivity contribution in [2.75, 3.05) is 12.4 Å². The number of carbonyl (C=O) groups is 2. The van der Waals surface area contributed by atoms with Gasteiger partial charge in [-0.15, -0.1) is 0 Å². The van der Waals surface area contributed by atoms with Crippen LogP contribution in [0.4, 0.5) is 5.69 Å². The Balaban J connectivity index is 1.82. The average Bonchev–Trinajstić information content (AvgIpc) is 2.78. The van der Waals surface area contributed by atoms with Crippen molar-refractivity contribution in [2.45, 2.75) is 52.2 Å². The Morgan fingerprint density at radius 3 is 2.33 bits per heavy atom. The molecule has 1 amide bonds. The molecular formula is C26H31N3O3S. The van der Waals surface area contributed by atoms with Crippen molar-refractivity contribution >= 4 is 34.9 Å². The predicted molar refractivity (Wildman–Crippen MR) is 135 cm³/mol. The van der Waals surface area contributed by atoms with Crippen LogP contribution in [0.5, 0.6) is 0 Å². The summed E-state index contributed by atoms with van der Waals surface area (Å²) in [6, 6.07) is 16.8. The van der Waals surface area contributed by atoms with Crippen molar-refractivity contribution in [3.8, 4) is 0 Å². The van der Waals surface area contributed by atoms with Crippen LogP contribution in [0.15, 0.2) is 65.9 Å². The normalized spacial score (nSPS) is 17.0. The van der Waals surface area contributed by atoms with E-state index in [2.05, 4.69) is 10.6 Å². The van der Waals surface area contributed by atoms with Crippen LogP contribution in [-0.4, -0.2) is 35.0 Å². The van der Waals surface area contributed by atoms with Gasteiger partial charge in [0.2, 0.25) is 5.91 Å². The number of amides is 1. The summed E-state index contributed by atoms with van der Waals surface area (Å²) in [4.78, 5) is 27.5. The number of nitrogens with one attached hydrogen (secondary N) is 2. The highest BCUT2D eigenvalue weighted by molar-refractivity contribution is 7.80. The van der Waals surface area contributed by atoms with Gasteiger partial charge < -0.3 is 20.3 Å². The number of esters is 1. The van der Waals surface area contributed by atoms with Crippen LogP contribution in [-0.2, 0) is 14.3 Å². The third-order valence-corrected chi connectivity index (χ3v) is 6.15. The molecule has 6 nitrogen and oxygen atoms in total. The maximum absolute atomic E-state index is 12.9. The molecule has 2 atom stereocenters. The van der Waals surface area contributed by atoms with Crippen LogP contribution < -0.4 is 10.6 Å². The van der Waals surface area contributed by atoms with E-state index < -0.39 is 6.04 Å². The molecule has 174 valence electrons. The average molecular weight is 466 g/mol. The van der Waals surface area contributed by atoms with E-state index in [0.717, 1.165) is 16.8 Å². The quantitative estimate of drug-likeness (QED) is 0.447. The Morgan fingerprint density at radius 2 is 1.76 bits per heavy atom. The van der Waals surface area contributed by atoms with Gasteiger partial charge in [0.15, 0.2) is 5.11 Å². The molecule has 0 saturated heterocycles. The van der Waals surface area contributed by atoms with Crippen LogP contribution in [0, 0.1) is 0 Å². The molecule has 7 heteroatoms. The topological polar surface area (TPSA) is 70.7 Å². The molecule has 1 heterocycles. The molecule has 1 aliphatic rings. The van der Waals surface area contributed by atoms with Crippen molar-refractivity contribution in [3.63, 3.8) is 0 Å². The first-order chi connectivity index (χ1) is 15.7. The van der Waals surface area contributed by atoms with Crippen molar-refractivity contribution in [1.82, 2.24) is 10.2 Å². The molecule has 3 rings (SSSR count). The lowest BCUT2D eigenvalue weighted by Gasteiger charge is -2.35. The van der Waals surface area contributed by atoms with Gasteiger partial charge in [-0.25, -0.2) is 4.79 Å². The highest BCUT2D eigenvalue weighted by atomic mass is 32.1. The Hall–Kier alpha value is -3.19. The Kier molecular flexibility index (Phi) is 7.87. The van der Waals surface area contributed by atoms with E-state index in [1.807, 2.05) is 89.3 Å². The van der Waals surface area contributed by atoms with Crippen molar-refractivity contribution in [3.05, 3.63) is 77.0 Å². The number of allylic oxidation sites excluding steroid dienone is 1. The minimum atomic E-state index is -0.433. The van der Waals surface area contributed by atoms with Gasteiger partial charge >= 0.3 is 5.97 Å². The summed E-state index contributed by atoms with van der Waals surface area (Å²) in [6.07, 6.45) is 0.474. The lowest BCUT2D eigenvalue weighted by molar-refractivity contribution is -0.143. The van der Waals surface area contributed by atoms with E-state index >= 15 is 0 Å². The Bertz CT molecular complexity index is 1050. The zero-order valence-electron chi connectivity index (χ0n) is 19.7. The number of nitrogens with zero attached hydrogens (tertiary/aromatic N) is 1. The Labute approximate surface area is 201 Å². The monoisotopic (exact) mass is 465 g/mol. The van der Waals surface area contributed by atoms with Crippen molar-refractivity contribution < 1.29 is 14.3 Å². The summed E-state index contributed by atoms with van der Waals surface area (Å²) in [5.74, 6) is -0.644. The molecule has 0 fully saturated rings. The number of ether oxygens (including phenoxy) is 1. The van der Waals surface area contributed by atoms with E-state index in [-0.39, 0.29) is 23.9 Å². The predicted octanol–water partition coefficient (Wildman–Crippen LogP) is 4.91. The van der Waals surface area contributed by atoms with Gasteiger partial charge in [-0.3, -0.25) is 4.79 Å². The number of carbonyl (C=O) groups excluding carboxylic acids is 2. The third-order valence-electron chi connectivity index (χ3n) is 5.75. The van der Waals surface area contributed by atoms with Gasteiger partial charge in [0, 0.05) is 18.4 Å². The maximum Gasteiger partial charge on any atom is 0.338 e. The molecule has 2 N–H and O–H groups in total. The van der Waals surface area contributed by atoms with E-state index in [1.165, 1.54) is 0 Å². The summed E-state index contributed by atoms with van der Waals surface area (Å²) in [6.45, 7) is 7.51. The fraction of sp³-hybridized carbons (Fsp3) is 0.346. The molecular weight excluding hydrogens is 434 g/mol. The number of benzene rings is 2. The lowest BCUT2D eigenvalue weighted by Crippen LogP contribution is -2.46. The second-order valence-corrected chi connectivity index (χ2v) is 8.76. The van der Waals surface area contributed by atoms with Gasteiger partial charge in [0.25, 0.3) is 0 Å². The highest BCUT2D eigenvalue weighted by Gasteiger charge is 2.33. The molecule has 0 saturated carbocycles. The first kappa shape index (κ1) is 24.5. The number of hydrogen-bond donors (Lipinski definition) is 2. The van der Waals surface area contributed by atoms with Crippen LogP contribution in [0.1, 0.15) is 57.2 Å². The maximum atomic E-state index is 12.9. The summed E-state index contributed by atoms with van der Waals surface area (Å²) in [5, 5.41) is 6.78. The van der Waals surface area contributed by atoms with Crippen molar-refractivity contribution in [2.24, 2.45) is 0 Å². The first-order valence-corrected chi connectivity index (χ1v) is 11.6. The van der Waals surface area contributed by atoms with Crippen LogP contribution >= 0.6 is 12.2 Å². The highest BCUT2D eigenvalue weighted by Crippen LogP contribution is 2.32. The molecule has 0 aromatic heterocycles. The summed E-state index contributed by atoms with van der Waals surface area (Å²) in [5.41, 5.74) is 3.81. The molecule has 0 spiro atoms. The minimum absolute atomic E-state index is 0.0491. The molecule has 33 heavy (non-hydrogen) atoms. The van der Waals surface area contributed by atoms with E-state index in [4.69, 9.17) is 17.0 Å². The molecule has 0 radical (unpaired) electrons. The van der Waals surface area contributed by atoms with Gasteiger partial charge in [-0.05, 0) is 62.7 Å². The molecule has 2 aromatic rings. The number of rotatable bonds is 7. The summed E-state index contributed by atoms with van der Waals surface area (Å²) >= 11 is 5.45. The van der Waals surface area contributed by atoms with Gasteiger partial charge in [0.05, 0.1) is 23.6 Å². The second-order valence-electron chi connectivity index (χ2n) is 8.38. The zero-order chi connectivity index (χ0) is 24.1. The lowest BCUT2D eigenvalue weighted by atomic mass is 9.94. The van der Waals surface area contributed by atoms with Gasteiger partial charge in [0.1, 0.15) is 0 Å². The summed E-state index contributed by atoms with van der Waals surface area (Å²) in [7, 11) is 1.82. The zero-order valence-corrected chi connectivity index (χ0v) is 20.5. The minimum Gasteiger partial charge on any atom is -0.459 e. The molecule has 0 bridgehead atoms. The van der Waals surface area contributed by atoms with Gasteiger partial charge in [-0.1, -0.05) is 49.4 Å². The molecule has 0 aliphatic carbocycles. The molecule has 1 aliphatic heterocycles. The first-order valence-electron chi connectivity index (χ1n) is 11.1. The van der Waals surface area contributed by atoms with E-state index in [0.29, 0.717) is 22.8 Å². The smallest absolute Gasteiger partial charge is 0.338 e. The fourth-order valence-electron chi connectivity index (χ4n) is 3.87. The molecule has 2 unspecified atom stereocenters. The SMILES string of the molecule is CCC(C(=O)Nc1ccc(C2NC(=S)N(C)C(C)=C2C(=O)OC(C)C)cc1)c1ccccc1. The second kappa shape index (κ2) is 10.6. The summed E-state index contributed by atoms with van der Waals surface area (Å²) < 4.78 is 5.49. The van der Waals surface area contributed by atoms with Crippen LogP contribution in [0.3, 0.4) is 0 Å². The number of thiocarbonyl (C=S) groups is 1. The van der Waals surface area contributed by atoms with E-state index in [1.54, 1.807) is 4.90 Å². The van der Waals surface area contributed by atoms with E-state index in [9.17, 15) is 9.59 Å². The van der Waals surface area contributed by atoms with Crippen LogP contribution in [0.2, 0.25) is 0 Å². The number of anilines is 1. The Morgan fingerprint density at radius 1 is 1.12 bits per heavy atom. The van der Waals surface area contributed by atoms with Crippen molar-refractivity contribution in [1.29, 1.82) is 0 Å².